The van der Waals surface area contributed by atoms with E-state index in [1.165, 1.54) is 36.4 Å². The Morgan fingerprint density at radius 3 is 1.21 bits per heavy atom. The first-order chi connectivity index (χ1) is 16.0. The first kappa shape index (κ1) is 25.3. The highest BCUT2D eigenvalue weighted by Crippen LogP contribution is 2.30. The molecule has 0 heterocycles. The van der Waals surface area contributed by atoms with Crippen LogP contribution >= 0.6 is 0 Å². The average molecular weight is 465 g/mol. The molecule has 7 heteroatoms. The summed E-state index contributed by atoms with van der Waals surface area (Å²) in [6.45, 7) is 6.65. The third kappa shape index (κ3) is 3.95. The standard InChI is InChI=1S/C27H28O7/c1-5-26(33,6-2)24(31)15-9-11-17-19(13-15)22(29)23(30)20-14-16(10-12-18(20)21(17)28)25(32)27(34,7-3)8-4/h9-14,33-34H,5-8H2,1-4H3. The summed E-state index contributed by atoms with van der Waals surface area (Å²) in [6, 6.07) is 7.69. The SMILES string of the molecule is CCC(O)(CC)C(=O)c1ccc2c(c1)C(=O)C(=O)c1cc(C(=O)C(O)(CC)CC)ccc1C2=O. The predicted octanol–water partition coefficient (Wildman–Crippen LogP) is 3.76. The predicted molar refractivity (Wildman–Crippen MR) is 125 cm³/mol. The molecule has 0 radical (unpaired) electrons. The van der Waals surface area contributed by atoms with E-state index < -0.39 is 40.1 Å². The normalized spacial score (nSPS) is 13.9. The molecule has 0 saturated carbocycles. The van der Waals surface area contributed by atoms with Crippen molar-refractivity contribution < 1.29 is 34.2 Å². The minimum absolute atomic E-state index is 0.0247. The van der Waals surface area contributed by atoms with Gasteiger partial charge >= 0.3 is 0 Å². The molecule has 0 atom stereocenters. The minimum atomic E-state index is -1.62. The van der Waals surface area contributed by atoms with Crippen LogP contribution in [0.4, 0.5) is 0 Å². The second-order valence-corrected chi connectivity index (χ2v) is 8.64. The molecule has 0 bridgehead atoms. The van der Waals surface area contributed by atoms with Crippen molar-refractivity contribution in [2.45, 2.75) is 64.6 Å². The zero-order valence-corrected chi connectivity index (χ0v) is 19.7. The lowest BCUT2D eigenvalue weighted by molar-refractivity contribution is 0.0277. The number of hydrogen-bond donors (Lipinski definition) is 2. The van der Waals surface area contributed by atoms with Crippen molar-refractivity contribution in [2.24, 2.45) is 0 Å². The van der Waals surface area contributed by atoms with Crippen LogP contribution in [0.15, 0.2) is 36.4 Å². The quantitative estimate of drug-likeness (QED) is 0.450. The van der Waals surface area contributed by atoms with Crippen molar-refractivity contribution in [3.63, 3.8) is 0 Å². The van der Waals surface area contributed by atoms with E-state index in [1.807, 2.05) is 0 Å². The summed E-state index contributed by atoms with van der Waals surface area (Å²) >= 11 is 0. The van der Waals surface area contributed by atoms with Gasteiger partial charge in [0.25, 0.3) is 0 Å². The second kappa shape index (κ2) is 9.16. The van der Waals surface area contributed by atoms with E-state index in [2.05, 4.69) is 0 Å². The number of hydrogen-bond acceptors (Lipinski definition) is 7. The molecule has 1 aliphatic carbocycles. The van der Waals surface area contributed by atoms with E-state index in [4.69, 9.17) is 0 Å². The molecule has 34 heavy (non-hydrogen) atoms. The van der Waals surface area contributed by atoms with Gasteiger partial charge in [0.15, 0.2) is 17.3 Å². The summed E-state index contributed by atoms with van der Waals surface area (Å²) in [5.74, 6) is -3.76. The van der Waals surface area contributed by atoms with Crippen LogP contribution in [0.5, 0.6) is 0 Å². The zero-order valence-electron chi connectivity index (χ0n) is 19.7. The van der Waals surface area contributed by atoms with Gasteiger partial charge in [-0.3, -0.25) is 24.0 Å². The van der Waals surface area contributed by atoms with Crippen LogP contribution in [-0.4, -0.2) is 50.3 Å². The summed E-state index contributed by atoms with van der Waals surface area (Å²) in [6.07, 6.45) is 0.648. The molecule has 3 rings (SSSR count). The van der Waals surface area contributed by atoms with Crippen LogP contribution in [0.25, 0.3) is 0 Å². The molecule has 0 saturated heterocycles. The van der Waals surface area contributed by atoms with Crippen LogP contribution in [0.3, 0.4) is 0 Å². The van der Waals surface area contributed by atoms with Crippen molar-refractivity contribution in [3.05, 3.63) is 69.8 Å². The summed E-state index contributed by atoms with van der Waals surface area (Å²) < 4.78 is 0. The van der Waals surface area contributed by atoms with Crippen molar-refractivity contribution >= 4 is 28.9 Å². The zero-order chi connectivity index (χ0) is 25.4. The minimum Gasteiger partial charge on any atom is -0.382 e. The average Bonchev–Trinajstić information content (AvgIpc) is 2.95. The monoisotopic (exact) mass is 464 g/mol. The fourth-order valence-corrected chi connectivity index (χ4v) is 4.21. The highest BCUT2D eigenvalue weighted by atomic mass is 16.3. The van der Waals surface area contributed by atoms with E-state index in [0.717, 1.165) is 0 Å². The van der Waals surface area contributed by atoms with E-state index in [1.54, 1.807) is 27.7 Å². The summed E-state index contributed by atoms with van der Waals surface area (Å²) in [4.78, 5) is 65.1. The second-order valence-electron chi connectivity index (χ2n) is 8.64. The molecule has 0 amide bonds. The largest absolute Gasteiger partial charge is 0.382 e. The Hall–Kier alpha value is -3.29. The number of aliphatic hydroxyl groups is 2. The maximum absolute atomic E-state index is 13.2. The highest BCUT2D eigenvalue weighted by Gasteiger charge is 2.38. The molecular weight excluding hydrogens is 436 g/mol. The first-order valence-corrected chi connectivity index (χ1v) is 11.4. The summed E-state index contributed by atoms with van der Waals surface area (Å²) in [7, 11) is 0. The van der Waals surface area contributed by atoms with Crippen molar-refractivity contribution in [1.82, 2.24) is 0 Å². The number of carbonyl (C=O) groups is 5. The van der Waals surface area contributed by atoms with Gasteiger partial charge in [-0.05, 0) is 49.9 Å². The summed E-state index contributed by atoms with van der Waals surface area (Å²) in [5, 5.41) is 21.2. The number of benzene rings is 2. The molecule has 1 aliphatic rings. The van der Waals surface area contributed by atoms with Gasteiger partial charge < -0.3 is 10.2 Å². The van der Waals surface area contributed by atoms with Crippen LogP contribution in [0, 0.1) is 0 Å². The van der Waals surface area contributed by atoms with Gasteiger partial charge in [0.05, 0.1) is 0 Å². The third-order valence-corrected chi connectivity index (χ3v) is 6.93. The van der Waals surface area contributed by atoms with Crippen LogP contribution < -0.4 is 0 Å². The maximum Gasteiger partial charge on any atom is 0.234 e. The molecule has 2 aromatic rings. The van der Waals surface area contributed by atoms with Gasteiger partial charge in [-0.1, -0.05) is 39.8 Å². The molecule has 0 unspecified atom stereocenters. The lowest BCUT2D eigenvalue weighted by Crippen LogP contribution is -2.37. The molecular formula is C27H28O7. The van der Waals surface area contributed by atoms with Gasteiger partial charge in [0, 0.05) is 33.4 Å². The molecule has 178 valence electrons. The molecule has 7 nitrogen and oxygen atoms in total. The van der Waals surface area contributed by atoms with E-state index in [9.17, 15) is 34.2 Å². The number of ketones is 5. The number of carbonyl (C=O) groups excluding carboxylic acids is 5. The lowest BCUT2D eigenvalue weighted by atomic mass is 9.86. The van der Waals surface area contributed by atoms with E-state index in [0.29, 0.717) is 0 Å². The fraction of sp³-hybridized carbons (Fsp3) is 0.370. The van der Waals surface area contributed by atoms with Gasteiger partial charge in [0.2, 0.25) is 11.6 Å². The molecule has 2 N–H and O–H groups in total. The Labute approximate surface area is 197 Å². The number of fused-ring (bicyclic) bond motifs is 2. The maximum atomic E-state index is 13.2. The Morgan fingerprint density at radius 1 is 0.588 bits per heavy atom. The Bertz CT molecular complexity index is 1120. The summed E-state index contributed by atoms with van der Waals surface area (Å²) in [5.41, 5.74) is -3.72. The van der Waals surface area contributed by atoms with Crippen LogP contribution in [0.2, 0.25) is 0 Å². The van der Waals surface area contributed by atoms with E-state index >= 15 is 0 Å². The molecule has 0 spiro atoms. The molecule has 2 aromatic carbocycles. The number of rotatable bonds is 8. The Balaban J connectivity index is 2.12. The smallest absolute Gasteiger partial charge is 0.234 e. The van der Waals surface area contributed by atoms with Crippen molar-refractivity contribution in [1.29, 1.82) is 0 Å². The lowest BCUT2D eigenvalue weighted by Gasteiger charge is -2.23. The van der Waals surface area contributed by atoms with E-state index in [-0.39, 0.29) is 59.1 Å². The van der Waals surface area contributed by atoms with Crippen molar-refractivity contribution in [2.75, 3.05) is 0 Å². The molecule has 0 fully saturated rings. The van der Waals surface area contributed by atoms with Crippen LogP contribution in [-0.2, 0) is 0 Å². The van der Waals surface area contributed by atoms with Gasteiger partial charge in [-0.15, -0.1) is 0 Å². The molecule has 0 aliphatic heterocycles. The Morgan fingerprint density at radius 2 is 0.912 bits per heavy atom. The Kier molecular flexibility index (Phi) is 6.82. The fourth-order valence-electron chi connectivity index (χ4n) is 4.21. The first-order valence-electron chi connectivity index (χ1n) is 11.4. The van der Waals surface area contributed by atoms with Crippen LogP contribution in [0.1, 0.15) is 111 Å². The third-order valence-electron chi connectivity index (χ3n) is 6.93. The number of Topliss-reactive ketones (excluding diaryl/α,β-unsaturated/α-hetero) is 4. The van der Waals surface area contributed by atoms with Gasteiger partial charge in [0.1, 0.15) is 11.2 Å². The van der Waals surface area contributed by atoms with Gasteiger partial charge in [-0.2, -0.15) is 0 Å². The topological polar surface area (TPSA) is 126 Å². The van der Waals surface area contributed by atoms with Gasteiger partial charge in [-0.25, -0.2) is 0 Å². The molecule has 0 aromatic heterocycles. The highest BCUT2D eigenvalue weighted by molar-refractivity contribution is 6.53. The van der Waals surface area contributed by atoms with Crippen molar-refractivity contribution in [3.8, 4) is 0 Å².